The van der Waals surface area contributed by atoms with E-state index in [-0.39, 0.29) is 0 Å². The van der Waals surface area contributed by atoms with Crippen molar-refractivity contribution in [2.24, 2.45) is 11.8 Å². The number of hydrogen-bond donors (Lipinski definition) is 0. The number of anilines is 1. The van der Waals surface area contributed by atoms with Crippen LogP contribution in [0.1, 0.15) is 18.5 Å². The van der Waals surface area contributed by atoms with Crippen molar-refractivity contribution < 1.29 is 0 Å². The minimum atomic E-state index is 0.855. The van der Waals surface area contributed by atoms with Crippen LogP contribution in [0.15, 0.2) is 12.4 Å². The first-order valence-corrected chi connectivity index (χ1v) is 7.07. The summed E-state index contributed by atoms with van der Waals surface area (Å²) < 4.78 is 0. The van der Waals surface area contributed by atoms with E-state index in [0.29, 0.717) is 0 Å². The largest absolute Gasteiger partial charge is 0.355 e. The van der Waals surface area contributed by atoms with E-state index in [9.17, 15) is 0 Å². The zero-order chi connectivity index (χ0) is 12.1. The van der Waals surface area contributed by atoms with Crippen LogP contribution in [0.25, 0.3) is 0 Å². The molecule has 2 saturated heterocycles. The fourth-order valence-electron chi connectivity index (χ4n) is 3.56. The maximum Gasteiger partial charge on any atom is 0.147 e. The predicted molar refractivity (Wildman–Crippen MR) is 70.6 cm³/mol. The van der Waals surface area contributed by atoms with Gasteiger partial charge in [0.05, 0.1) is 11.9 Å². The van der Waals surface area contributed by atoms with Gasteiger partial charge in [0.15, 0.2) is 0 Å². The average Bonchev–Trinajstić information content (AvgIpc) is 3.00. The third kappa shape index (κ3) is 1.79. The quantitative estimate of drug-likeness (QED) is 0.785. The van der Waals surface area contributed by atoms with Crippen molar-refractivity contribution in [3.8, 4) is 0 Å². The van der Waals surface area contributed by atoms with E-state index >= 15 is 0 Å². The molecule has 0 radical (unpaired) electrons. The molecule has 3 heterocycles. The number of aryl methyl sites for hydroxylation is 1. The molecule has 1 aromatic heterocycles. The Kier molecular flexibility index (Phi) is 2.34. The fourth-order valence-corrected chi connectivity index (χ4v) is 3.56. The van der Waals surface area contributed by atoms with Gasteiger partial charge in [-0.05, 0) is 31.6 Å². The summed E-state index contributed by atoms with van der Waals surface area (Å²) in [4.78, 5) is 14.0. The van der Waals surface area contributed by atoms with Crippen LogP contribution in [0.2, 0.25) is 0 Å². The Labute approximate surface area is 108 Å². The fraction of sp³-hybridized carbons (Fsp3) is 0.714. The molecule has 1 aliphatic carbocycles. The number of nitrogens with zero attached hydrogens (tertiary/aromatic N) is 4. The third-order valence-electron chi connectivity index (χ3n) is 4.64. The van der Waals surface area contributed by atoms with Crippen LogP contribution in [0.5, 0.6) is 0 Å². The summed E-state index contributed by atoms with van der Waals surface area (Å²) in [6, 6.07) is 0.933. The highest BCUT2D eigenvalue weighted by molar-refractivity contribution is 5.38. The number of rotatable bonds is 2. The Morgan fingerprint density at radius 3 is 2.39 bits per heavy atom. The monoisotopic (exact) mass is 244 g/mol. The van der Waals surface area contributed by atoms with Crippen molar-refractivity contribution in [1.82, 2.24) is 14.9 Å². The highest BCUT2D eigenvalue weighted by Crippen LogP contribution is 2.38. The van der Waals surface area contributed by atoms with Crippen molar-refractivity contribution in [3.63, 3.8) is 0 Å². The number of aromatic nitrogens is 2. The Morgan fingerprint density at radius 1 is 1.06 bits per heavy atom. The Morgan fingerprint density at radius 2 is 1.78 bits per heavy atom. The van der Waals surface area contributed by atoms with Crippen molar-refractivity contribution in [1.29, 1.82) is 0 Å². The van der Waals surface area contributed by atoms with Crippen LogP contribution in [0.4, 0.5) is 5.82 Å². The molecular formula is C14H20N4. The second kappa shape index (κ2) is 3.92. The molecule has 96 valence electrons. The van der Waals surface area contributed by atoms with E-state index in [1.165, 1.54) is 39.0 Å². The lowest BCUT2D eigenvalue weighted by molar-refractivity contribution is 0.306. The average molecular weight is 244 g/mol. The van der Waals surface area contributed by atoms with E-state index in [2.05, 4.69) is 19.8 Å². The smallest absolute Gasteiger partial charge is 0.147 e. The molecular weight excluding hydrogens is 224 g/mol. The van der Waals surface area contributed by atoms with E-state index in [1.54, 1.807) is 0 Å². The first-order chi connectivity index (χ1) is 8.79. The molecule has 0 spiro atoms. The van der Waals surface area contributed by atoms with Gasteiger partial charge in [-0.25, -0.2) is 4.98 Å². The normalized spacial score (nSPS) is 31.9. The molecule has 2 aliphatic heterocycles. The van der Waals surface area contributed by atoms with Gasteiger partial charge in [0.1, 0.15) is 5.82 Å². The first-order valence-electron chi connectivity index (χ1n) is 7.07. The SMILES string of the molecule is Cc1cncc(N2CC3CN(C4CC4)CC3C2)n1. The molecule has 3 fully saturated rings. The highest BCUT2D eigenvalue weighted by atomic mass is 15.3. The molecule has 4 nitrogen and oxygen atoms in total. The van der Waals surface area contributed by atoms with E-state index in [4.69, 9.17) is 0 Å². The molecule has 2 atom stereocenters. The van der Waals surface area contributed by atoms with Crippen molar-refractivity contribution in [2.45, 2.75) is 25.8 Å². The lowest BCUT2D eigenvalue weighted by Gasteiger charge is -2.21. The van der Waals surface area contributed by atoms with Gasteiger partial charge in [0, 0.05) is 38.4 Å². The molecule has 18 heavy (non-hydrogen) atoms. The van der Waals surface area contributed by atoms with Gasteiger partial charge >= 0.3 is 0 Å². The summed E-state index contributed by atoms with van der Waals surface area (Å²) >= 11 is 0. The van der Waals surface area contributed by atoms with Crippen LogP contribution in [-0.4, -0.2) is 47.1 Å². The molecule has 2 unspecified atom stereocenters. The molecule has 0 aromatic carbocycles. The molecule has 1 saturated carbocycles. The lowest BCUT2D eigenvalue weighted by atomic mass is 10.0. The molecule has 4 rings (SSSR count). The summed E-state index contributed by atoms with van der Waals surface area (Å²) in [5.41, 5.74) is 1.02. The van der Waals surface area contributed by atoms with Crippen LogP contribution in [-0.2, 0) is 0 Å². The maximum atomic E-state index is 4.60. The Bertz CT molecular complexity index is 443. The van der Waals surface area contributed by atoms with E-state index in [0.717, 1.165) is 29.4 Å². The standard InChI is InChI=1S/C14H20N4/c1-10-4-15-5-14(16-10)18-8-11-6-17(13-2-3-13)7-12(11)9-18/h4-5,11-13H,2-3,6-9H2,1H3. The van der Waals surface area contributed by atoms with Crippen LogP contribution in [0, 0.1) is 18.8 Å². The Hall–Kier alpha value is -1.16. The zero-order valence-electron chi connectivity index (χ0n) is 10.9. The molecule has 0 amide bonds. The van der Waals surface area contributed by atoms with Crippen LogP contribution < -0.4 is 4.90 Å². The highest BCUT2D eigenvalue weighted by Gasteiger charge is 2.44. The van der Waals surface area contributed by atoms with Gasteiger partial charge in [-0.1, -0.05) is 0 Å². The summed E-state index contributed by atoms with van der Waals surface area (Å²) in [6.45, 7) is 6.98. The summed E-state index contributed by atoms with van der Waals surface area (Å²) in [7, 11) is 0. The zero-order valence-corrected chi connectivity index (χ0v) is 10.9. The van der Waals surface area contributed by atoms with Crippen molar-refractivity contribution in [3.05, 3.63) is 18.1 Å². The van der Waals surface area contributed by atoms with Gasteiger partial charge in [0.25, 0.3) is 0 Å². The van der Waals surface area contributed by atoms with Crippen LogP contribution in [0.3, 0.4) is 0 Å². The van der Waals surface area contributed by atoms with Crippen LogP contribution >= 0.6 is 0 Å². The minimum Gasteiger partial charge on any atom is -0.355 e. The lowest BCUT2D eigenvalue weighted by Crippen LogP contribution is -2.30. The minimum absolute atomic E-state index is 0.855. The second-order valence-corrected chi connectivity index (χ2v) is 6.13. The number of likely N-dealkylation sites (tertiary alicyclic amines) is 1. The third-order valence-corrected chi connectivity index (χ3v) is 4.64. The molecule has 1 aromatic rings. The molecule has 0 bridgehead atoms. The topological polar surface area (TPSA) is 32.3 Å². The van der Waals surface area contributed by atoms with Gasteiger partial charge in [0.2, 0.25) is 0 Å². The predicted octanol–water partition coefficient (Wildman–Crippen LogP) is 1.32. The second-order valence-electron chi connectivity index (χ2n) is 6.13. The van der Waals surface area contributed by atoms with Gasteiger partial charge in [-0.2, -0.15) is 0 Å². The van der Waals surface area contributed by atoms with E-state index in [1.807, 2.05) is 19.3 Å². The first kappa shape index (κ1) is 10.7. The molecule has 4 heteroatoms. The van der Waals surface area contributed by atoms with Gasteiger partial charge in [-0.3, -0.25) is 9.88 Å². The van der Waals surface area contributed by atoms with Crippen molar-refractivity contribution >= 4 is 5.82 Å². The Balaban J connectivity index is 1.46. The molecule has 3 aliphatic rings. The number of fused-ring (bicyclic) bond motifs is 1. The summed E-state index contributed by atoms with van der Waals surface area (Å²) in [5, 5.41) is 0. The van der Waals surface area contributed by atoms with E-state index < -0.39 is 0 Å². The van der Waals surface area contributed by atoms with Gasteiger partial charge in [-0.15, -0.1) is 0 Å². The summed E-state index contributed by atoms with van der Waals surface area (Å²) in [6.07, 6.45) is 6.61. The molecule has 0 N–H and O–H groups in total. The number of hydrogen-bond acceptors (Lipinski definition) is 4. The summed E-state index contributed by atoms with van der Waals surface area (Å²) in [5.74, 6) is 2.78. The maximum absolute atomic E-state index is 4.60. The van der Waals surface area contributed by atoms with Crippen molar-refractivity contribution in [2.75, 3.05) is 31.1 Å². The van der Waals surface area contributed by atoms with Gasteiger partial charge < -0.3 is 4.90 Å².